The maximum absolute atomic E-state index is 12.8. The summed E-state index contributed by atoms with van der Waals surface area (Å²) in [5, 5.41) is 12.7. The minimum absolute atomic E-state index is 0.208. The van der Waals surface area contributed by atoms with Crippen LogP contribution in [0.1, 0.15) is 16.2 Å². The van der Waals surface area contributed by atoms with Gasteiger partial charge in [-0.25, -0.2) is 4.98 Å². The number of hydrogen-bond donors (Lipinski definition) is 2. The molecule has 0 atom stereocenters. The quantitative estimate of drug-likeness (QED) is 0.434. The van der Waals surface area contributed by atoms with Crippen LogP contribution in [0, 0.1) is 6.92 Å². The Morgan fingerprint density at radius 1 is 1.06 bits per heavy atom. The summed E-state index contributed by atoms with van der Waals surface area (Å²) in [5.41, 5.74) is 3.74. The molecule has 0 radical (unpaired) electrons. The van der Waals surface area contributed by atoms with Gasteiger partial charge in [0, 0.05) is 43.3 Å². The molecule has 3 aromatic heterocycles. The van der Waals surface area contributed by atoms with E-state index in [2.05, 4.69) is 30.6 Å². The molecule has 1 aliphatic heterocycles. The number of benzene rings is 1. The van der Waals surface area contributed by atoms with E-state index in [9.17, 15) is 4.79 Å². The van der Waals surface area contributed by atoms with Crippen molar-refractivity contribution in [3.63, 3.8) is 0 Å². The Bertz CT molecular complexity index is 1280. The van der Waals surface area contributed by atoms with Gasteiger partial charge in [0.2, 0.25) is 5.95 Å². The van der Waals surface area contributed by atoms with Crippen molar-refractivity contribution in [2.45, 2.75) is 6.92 Å². The highest BCUT2D eigenvalue weighted by molar-refractivity contribution is 7.13. The molecular weight excluding hydrogens is 450 g/mol. The number of morpholine rings is 1. The van der Waals surface area contributed by atoms with Crippen LogP contribution in [0.15, 0.2) is 53.9 Å². The van der Waals surface area contributed by atoms with E-state index >= 15 is 0 Å². The Balaban J connectivity index is 1.26. The van der Waals surface area contributed by atoms with Crippen molar-refractivity contribution in [2.24, 2.45) is 7.05 Å². The van der Waals surface area contributed by atoms with E-state index in [1.54, 1.807) is 29.1 Å². The zero-order valence-corrected chi connectivity index (χ0v) is 19.8. The number of aryl methyl sites for hydroxylation is 2. The second kappa shape index (κ2) is 9.62. The molecule has 174 valence electrons. The van der Waals surface area contributed by atoms with E-state index in [0.717, 1.165) is 40.9 Å². The molecule has 0 spiro atoms. The minimum Gasteiger partial charge on any atom is -0.378 e. The largest absolute Gasteiger partial charge is 0.378 e. The molecule has 1 aliphatic rings. The number of rotatable bonds is 6. The van der Waals surface area contributed by atoms with Gasteiger partial charge in [-0.2, -0.15) is 10.1 Å². The molecule has 0 unspecified atom stereocenters. The summed E-state index contributed by atoms with van der Waals surface area (Å²) < 4.78 is 7.02. The fourth-order valence-electron chi connectivity index (χ4n) is 3.73. The number of aromatic nitrogens is 4. The summed E-state index contributed by atoms with van der Waals surface area (Å²) in [5.74, 6) is 1.22. The van der Waals surface area contributed by atoms with Gasteiger partial charge in [0.15, 0.2) is 0 Å². The van der Waals surface area contributed by atoms with Gasteiger partial charge in [-0.05, 0) is 48.7 Å². The molecule has 0 aliphatic carbocycles. The molecule has 1 aromatic carbocycles. The Morgan fingerprint density at radius 3 is 2.56 bits per heavy atom. The van der Waals surface area contributed by atoms with Crippen molar-refractivity contribution in [1.29, 1.82) is 0 Å². The lowest BCUT2D eigenvalue weighted by Gasteiger charge is -2.27. The SMILES string of the molecule is Cc1cc(Nc2ccc(NC(=O)c3cc(-c4cccs4)nn3C)cc2)nc(N2CCOCC2)n1. The predicted octanol–water partition coefficient (Wildman–Crippen LogP) is 4.08. The summed E-state index contributed by atoms with van der Waals surface area (Å²) in [4.78, 5) is 25.2. The first-order valence-electron chi connectivity index (χ1n) is 11.0. The zero-order valence-electron chi connectivity index (χ0n) is 19.0. The first kappa shape index (κ1) is 22.1. The Labute approximate surface area is 201 Å². The van der Waals surface area contributed by atoms with Crippen LogP contribution in [-0.4, -0.2) is 52.0 Å². The van der Waals surface area contributed by atoms with Gasteiger partial charge in [0.05, 0.1) is 18.1 Å². The molecule has 0 bridgehead atoms. The molecule has 1 fully saturated rings. The third kappa shape index (κ3) is 4.92. The summed E-state index contributed by atoms with van der Waals surface area (Å²) >= 11 is 1.59. The molecule has 4 heterocycles. The van der Waals surface area contributed by atoms with Crippen LogP contribution in [0.2, 0.25) is 0 Å². The Kier molecular flexibility index (Phi) is 6.24. The van der Waals surface area contributed by atoms with Crippen LogP contribution in [0.3, 0.4) is 0 Å². The molecule has 10 heteroatoms. The van der Waals surface area contributed by atoms with E-state index in [1.165, 1.54) is 0 Å². The van der Waals surface area contributed by atoms with Crippen LogP contribution in [0.4, 0.5) is 23.1 Å². The molecule has 9 nitrogen and oxygen atoms in total. The summed E-state index contributed by atoms with van der Waals surface area (Å²) in [6.07, 6.45) is 0. The number of ether oxygens (including phenoxy) is 1. The first-order valence-corrected chi connectivity index (χ1v) is 11.9. The molecule has 2 N–H and O–H groups in total. The highest BCUT2D eigenvalue weighted by atomic mass is 32.1. The van der Waals surface area contributed by atoms with Gasteiger partial charge in [-0.3, -0.25) is 9.48 Å². The lowest BCUT2D eigenvalue weighted by molar-refractivity contribution is 0.101. The van der Waals surface area contributed by atoms with E-state index < -0.39 is 0 Å². The summed E-state index contributed by atoms with van der Waals surface area (Å²) in [6.45, 7) is 4.88. The molecule has 1 saturated heterocycles. The van der Waals surface area contributed by atoms with Crippen molar-refractivity contribution >= 4 is 40.4 Å². The van der Waals surface area contributed by atoms with Gasteiger partial charge in [-0.1, -0.05) is 6.07 Å². The van der Waals surface area contributed by atoms with Gasteiger partial charge in [0.1, 0.15) is 17.2 Å². The lowest BCUT2D eigenvalue weighted by atomic mass is 10.2. The van der Waals surface area contributed by atoms with Crippen LogP contribution < -0.4 is 15.5 Å². The minimum atomic E-state index is -0.208. The van der Waals surface area contributed by atoms with Crippen molar-refractivity contribution in [3.05, 3.63) is 65.3 Å². The smallest absolute Gasteiger partial charge is 0.273 e. The number of carbonyl (C=O) groups is 1. The normalized spacial score (nSPS) is 13.6. The third-order valence-corrected chi connectivity index (χ3v) is 6.33. The second-order valence-electron chi connectivity index (χ2n) is 7.97. The molecule has 34 heavy (non-hydrogen) atoms. The Morgan fingerprint density at radius 2 is 1.82 bits per heavy atom. The number of nitrogens with one attached hydrogen (secondary N) is 2. The van der Waals surface area contributed by atoms with Gasteiger partial charge in [0.25, 0.3) is 5.91 Å². The third-order valence-electron chi connectivity index (χ3n) is 5.44. The Hall–Kier alpha value is -3.76. The molecule has 1 amide bonds. The van der Waals surface area contributed by atoms with Crippen molar-refractivity contribution < 1.29 is 9.53 Å². The maximum Gasteiger partial charge on any atom is 0.273 e. The monoisotopic (exact) mass is 475 g/mol. The number of nitrogens with zero attached hydrogens (tertiary/aromatic N) is 5. The highest BCUT2D eigenvalue weighted by Gasteiger charge is 2.16. The first-order chi connectivity index (χ1) is 16.5. The standard InChI is InChI=1S/C24H25N7O2S/c1-16-14-22(28-24(25-16)31-9-11-33-12-10-31)26-17-5-7-18(8-6-17)27-23(32)20-15-19(29-30(20)2)21-4-3-13-34-21/h3-8,13-15H,9-12H2,1-2H3,(H,27,32)(H,25,26,28). The fourth-order valence-corrected chi connectivity index (χ4v) is 4.41. The lowest BCUT2D eigenvalue weighted by Crippen LogP contribution is -2.37. The highest BCUT2D eigenvalue weighted by Crippen LogP contribution is 2.25. The van der Waals surface area contributed by atoms with E-state index in [4.69, 9.17) is 4.74 Å². The fraction of sp³-hybridized carbons (Fsp3) is 0.250. The topological polar surface area (TPSA) is 97.2 Å². The average Bonchev–Trinajstić information content (AvgIpc) is 3.50. The van der Waals surface area contributed by atoms with Crippen LogP contribution in [0.5, 0.6) is 0 Å². The van der Waals surface area contributed by atoms with Gasteiger partial charge in [-0.15, -0.1) is 11.3 Å². The van der Waals surface area contributed by atoms with Gasteiger partial charge >= 0.3 is 0 Å². The average molecular weight is 476 g/mol. The van der Waals surface area contributed by atoms with E-state index in [1.807, 2.05) is 54.8 Å². The van der Waals surface area contributed by atoms with Crippen LogP contribution in [-0.2, 0) is 11.8 Å². The second-order valence-corrected chi connectivity index (χ2v) is 8.91. The van der Waals surface area contributed by atoms with Crippen LogP contribution in [0.25, 0.3) is 10.6 Å². The molecule has 0 saturated carbocycles. The maximum atomic E-state index is 12.8. The number of anilines is 4. The number of hydrogen-bond acceptors (Lipinski definition) is 8. The number of thiophene rings is 1. The number of amides is 1. The molecule has 5 rings (SSSR count). The van der Waals surface area contributed by atoms with Crippen molar-refractivity contribution in [1.82, 2.24) is 19.7 Å². The summed E-state index contributed by atoms with van der Waals surface area (Å²) in [7, 11) is 1.77. The molecule has 4 aromatic rings. The molecular formula is C24H25N7O2S. The predicted molar refractivity (Wildman–Crippen MR) is 134 cm³/mol. The van der Waals surface area contributed by atoms with E-state index in [0.29, 0.717) is 30.5 Å². The van der Waals surface area contributed by atoms with Crippen molar-refractivity contribution in [2.75, 3.05) is 41.8 Å². The van der Waals surface area contributed by atoms with Crippen LogP contribution >= 0.6 is 11.3 Å². The number of carbonyl (C=O) groups excluding carboxylic acids is 1. The van der Waals surface area contributed by atoms with Crippen molar-refractivity contribution in [3.8, 4) is 10.6 Å². The van der Waals surface area contributed by atoms with E-state index in [-0.39, 0.29) is 5.91 Å². The summed E-state index contributed by atoms with van der Waals surface area (Å²) in [6, 6.07) is 15.2. The van der Waals surface area contributed by atoms with Gasteiger partial charge < -0.3 is 20.3 Å². The zero-order chi connectivity index (χ0) is 23.5.